The van der Waals surface area contributed by atoms with Gasteiger partial charge in [0, 0.05) is 19.7 Å². The Morgan fingerprint density at radius 3 is 2.19 bits per heavy atom. The van der Waals surface area contributed by atoms with Crippen molar-refractivity contribution >= 4 is 10.2 Å². The molecule has 0 bridgehead atoms. The third-order valence-corrected chi connectivity index (χ3v) is 3.45. The van der Waals surface area contributed by atoms with Gasteiger partial charge in [-0.05, 0) is 18.3 Å². The lowest BCUT2D eigenvalue weighted by Crippen LogP contribution is -2.40. The number of nitrogens with one attached hydrogen (secondary N) is 2. The van der Waals surface area contributed by atoms with Crippen LogP contribution in [-0.2, 0) is 10.2 Å². The van der Waals surface area contributed by atoms with E-state index in [1.165, 1.54) is 0 Å². The van der Waals surface area contributed by atoms with Crippen LogP contribution in [0.4, 0.5) is 0 Å². The minimum Gasteiger partial charge on any atom is -0.396 e. The van der Waals surface area contributed by atoms with Gasteiger partial charge in [-0.3, -0.25) is 0 Å². The van der Waals surface area contributed by atoms with Gasteiger partial charge in [0.1, 0.15) is 0 Å². The summed E-state index contributed by atoms with van der Waals surface area (Å²) in [6.45, 7) is 6.79. The first-order chi connectivity index (χ1) is 7.41. The lowest BCUT2D eigenvalue weighted by Gasteiger charge is -2.15. The van der Waals surface area contributed by atoms with E-state index in [0.29, 0.717) is 19.5 Å². The molecule has 0 rings (SSSR count). The minimum atomic E-state index is -3.38. The molecule has 0 spiro atoms. The van der Waals surface area contributed by atoms with Crippen LogP contribution in [0.2, 0.25) is 0 Å². The van der Waals surface area contributed by atoms with Gasteiger partial charge in [-0.25, -0.2) is 9.44 Å². The monoisotopic (exact) mass is 252 g/mol. The van der Waals surface area contributed by atoms with Crippen LogP contribution in [0.25, 0.3) is 0 Å². The van der Waals surface area contributed by atoms with E-state index in [-0.39, 0.29) is 18.4 Å². The van der Waals surface area contributed by atoms with E-state index < -0.39 is 10.2 Å². The molecule has 6 heteroatoms. The summed E-state index contributed by atoms with van der Waals surface area (Å²) < 4.78 is 27.9. The third kappa shape index (κ3) is 8.04. The molecule has 0 aliphatic rings. The predicted molar refractivity (Wildman–Crippen MR) is 65.2 cm³/mol. The molecule has 0 aromatic carbocycles. The number of aliphatic hydroxyl groups excluding tert-OH is 1. The highest BCUT2D eigenvalue weighted by molar-refractivity contribution is 7.87. The molecule has 0 aromatic heterocycles. The first-order valence-electron chi connectivity index (χ1n) is 5.76. The van der Waals surface area contributed by atoms with Gasteiger partial charge in [-0.1, -0.05) is 27.2 Å². The summed E-state index contributed by atoms with van der Waals surface area (Å²) in [4.78, 5) is 0. The van der Waals surface area contributed by atoms with E-state index in [0.717, 1.165) is 6.42 Å². The molecule has 1 atom stereocenters. The fourth-order valence-corrected chi connectivity index (χ4v) is 2.30. The van der Waals surface area contributed by atoms with Crippen molar-refractivity contribution in [2.45, 2.75) is 33.6 Å². The molecule has 0 heterocycles. The fourth-order valence-electron chi connectivity index (χ4n) is 1.19. The minimum absolute atomic E-state index is 0.0969. The van der Waals surface area contributed by atoms with Gasteiger partial charge in [-0.15, -0.1) is 0 Å². The molecule has 0 aliphatic carbocycles. The summed E-state index contributed by atoms with van der Waals surface area (Å²) in [5, 5.41) is 8.78. The topological polar surface area (TPSA) is 78.4 Å². The van der Waals surface area contributed by atoms with Crippen LogP contribution < -0.4 is 9.44 Å². The quantitative estimate of drug-likeness (QED) is 0.558. The summed E-state index contributed by atoms with van der Waals surface area (Å²) in [5.41, 5.74) is 0. The van der Waals surface area contributed by atoms with Crippen molar-refractivity contribution in [3.05, 3.63) is 0 Å². The van der Waals surface area contributed by atoms with Gasteiger partial charge in [0.05, 0.1) is 0 Å². The van der Waals surface area contributed by atoms with E-state index in [4.69, 9.17) is 5.11 Å². The maximum atomic E-state index is 11.5. The fraction of sp³-hybridized carbons (Fsp3) is 1.00. The Balaban J connectivity index is 3.97. The Bertz CT molecular complexity index is 265. The molecule has 0 aliphatic heterocycles. The van der Waals surface area contributed by atoms with Crippen LogP contribution in [0.3, 0.4) is 0 Å². The van der Waals surface area contributed by atoms with Gasteiger partial charge >= 0.3 is 0 Å². The second-order valence-corrected chi connectivity index (χ2v) is 5.96. The molecule has 3 N–H and O–H groups in total. The molecule has 0 amide bonds. The lowest BCUT2D eigenvalue weighted by molar-refractivity contribution is 0.254. The maximum absolute atomic E-state index is 11.5. The highest BCUT2D eigenvalue weighted by Gasteiger charge is 2.13. The van der Waals surface area contributed by atoms with Gasteiger partial charge < -0.3 is 5.11 Å². The van der Waals surface area contributed by atoms with Crippen molar-refractivity contribution in [2.24, 2.45) is 11.8 Å². The van der Waals surface area contributed by atoms with Crippen LogP contribution in [-0.4, -0.2) is 33.2 Å². The van der Waals surface area contributed by atoms with Crippen LogP contribution in [0, 0.1) is 11.8 Å². The second kappa shape index (κ2) is 8.00. The highest BCUT2D eigenvalue weighted by atomic mass is 32.2. The summed E-state index contributed by atoms with van der Waals surface area (Å²) in [6.07, 6.45) is 1.48. The largest absolute Gasteiger partial charge is 0.396 e. The Morgan fingerprint density at radius 2 is 1.75 bits per heavy atom. The third-order valence-electron chi connectivity index (χ3n) is 2.36. The molecule has 16 heavy (non-hydrogen) atoms. The summed E-state index contributed by atoms with van der Waals surface area (Å²) in [6, 6.07) is 0. The Labute approximate surface area is 98.8 Å². The number of rotatable bonds is 9. The van der Waals surface area contributed by atoms with E-state index >= 15 is 0 Å². The van der Waals surface area contributed by atoms with Crippen LogP contribution in [0.5, 0.6) is 0 Å². The zero-order valence-corrected chi connectivity index (χ0v) is 11.2. The van der Waals surface area contributed by atoms with Gasteiger partial charge in [0.15, 0.2) is 0 Å². The summed E-state index contributed by atoms with van der Waals surface area (Å²) in [5.74, 6) is 0.483. The maximum Gasteiger partial charge on any atom is 0.276 e. The molecule has 0 saturated heterocycles. The normalized spacial score (nSPS) is 14.3. The molecule has 0 fully saturated rings. The van der Waals surface area contributed by atoms with Crippen molar-refractivity contribution in [1.29, 1.82) is 0 Å². The van der Waals surface area contributed by atoms with Gasteiger partial charge in [-0.2, -0.15) is 8.42 Å². The van der Waals surface area contributed by atoms with Crippen molar-refractivity contribution in [2.75, 3.05) is 19.7 Å². The van der Waals surface area contributed by atoms with E-state index in [2.05, 4.69) is 9.44 Å². The van der Waals surface area contributed by atoms with E-state index in [1.54, 1.807) is 0 Å². The van der Waals surface area contributed by atoms with Gasteiger partial charge in [0.2, 0.25) is 0 Å². The zero-order chi connectivity index (χ0) is 12.6. The number of aliphatic hydroxyl groups is 1. The highest BCUT2D eigenvalue weighted by Crippen LogP contribution is 2.05. The standard InChI is InChI=1S/C10H24N2O3S/c1-4-10(5-6-13)8-12-16(14,15)11-7-9(2)3/h9-13H,4-8H2,1-3H3. The van der Waals surface area contributed by atoms with Crippen molar-refractivity contribution < 1.29 is 13.5 Å². The van der Waals surface area contributed by atoms with Crippen LogP contribution >= 0.6 is 0 Å². The first kappa shape index (κ1) is 15.8. The smallest absolute Gasteiger partial charge is 0.276 e. The van der Waals surface area contributed by atoms with Crippen LogP contribution in [0.15, 0.2) is 0 Å². The molecule has 0 saturated carbocycles. The molecule has 1 unspecified atom stereocenters. The molecule has 0 radical (unpaired) electrons. The summed E-state index contributed by atoms with van der Waals surface area (Å²) >= 11 is 0. The van der Waals surface area contributed by atoms with Crippen molar-refractivity contribution in [1.82, 2.24) is 9.44 Å². The Morgan fingerprint density at radius 1 is 1.19 bits per heavy atom. The van der Waals surface area contributed by atoms with E-state index in [1.807, 2.05) is 20.8 Å². The average molecular weight is 252 g/mol. The van der Waals surface area contributed by atoms with E-state index in [9.17, 15) is 8.42 Å². The van der Waals surface area contributed by atoms with Crippen molar-refractivity contribution in [3.63, 3.8) is 0 Å². The summed E-state index contributed by atoms with van der Waals surface area (Å²) in [7, 11) is -3.38. The zero-order valence-electron chi connectivity index (χ0n) is 10.4. The molecule has 0 aromatic rings. The Kier molecular flexibility index (Phi) is 7.91. The predicted octanol–water partition coefficient (Wildman–Crippen LogP) is 0.475. The molecule has 98 valence electrons. The molecular weight excluding hydrogens is 228 g/mol. The molecule has 5 nitrogen and oxygen atoms in total. The van der Waals surface area contributed by atoms with Crippen LogP contribution in [0.1, 0.15) is 33.6 Å². The molecular formula is C10H24N2O3S. The number of hydrogen-bond acceptors (Lipinski definition) is 3. The Hall–Kier alpha value is -0.170. The van der Waals surface area contributed by atoms with Crippen molar-refractivity contribution in [3.8, 4) is 0 Å². The van der Waals surface area contributed by atoms with Gasteiger partial charge in [0.25, 0.3) is 10.2 Å². The number of hydrogen-bond donors (Lipinski definition) is 3. The second-order valence-electron chi connectivity index (χ2n) is 4.38. The average Bonchev–Trinajstić information content (AvgIpc) is 2.21. The first-order valence-corrected chi connectivity index (χ1v) is 7.24. The lowest BCUT2D eigenvalue weighted by atomic mass is 10.0. The SMILES string of the molecule is CCC(CCO)CNS(=O)(=O)NCC(C)C.